The fourth-order valence-electron chi connectivity index (χ4n) is 3.82. The third-order valence-electron chi connectivity index (χ3n) is 5.33. The number of likely N-dealkylation sites (tertiary alicyclic amines) is 1. The second kappa shape index (κ2) is 6.84. The predicted molar refractivity (Wildman–Crippen MR) is 101 cm³/mol. The van der Waals surface area contributed by atoms with Gasteiger partial charge in [-0.05, 0) is 51.0 Å². The molecule has 2 aliphatic rings. The average Bonchev–Trinajstić information content (AvgIpc) is 3.31. The van der Waals surface area contributed by atoms with Crippen LogP contribution in [0.15, 0.2) is 12.5 Å². The van der Waals surface area contributed by atoms with Gasteiger partial charge in [-0.1, -0.05) is 12.8 Å². The zero-order valence-corrected chi connectivity index (χ0v) is 15.3. The molecule has 2 aromatic heterocycles. The van der Waals surface area contributed by atoms with Crippen molar-refractivity contribution >= 4 is 28.4 Å². The van der Waals surface area contributed by atoms with Crippen molar-refractivity contribution in [1.82, 2.24) is 30.0 Å². The highest BCUT2D eigenvalue weighted by molar-refractivity contribution is 7.80. The summed E-state index contributed by atoms with van der Waals surface area (Å²) in [5.74, 6) is 0. The van der Waals surface area contributed by atoms with Gasteiger partial charge in [-0.3, -0.25) is 0 Å². The van der Waals surface area contributed by atoms with Gasteiger partial charge in [0.05, 0.1) is 29.4 Å². The topological polar surface area (TPSA) is 84.9 Å². The van der Waals surface area contributed by atoms with E-state index in [-0.39, 0.29) is 5.54 Å². The van der Waals surface area contributed by atoms with E-state index in [9.17, 15) is 0 Å². The van der Waals surface area contributed by atoms with E-state index in [1.807, 2.05) is 10.9 Å². The largest absolute Gasteiger partial charge is 0.376 e. The van der Waals surface area contributed by atoms with Crippen LogP contribution in [0, 0.1) is 0 Å². The van der Waals surface area contributed by atoms with Crippen LogP contribution in [-0.2, 0) is 12.1 Å². The van der Waals surface area contributed by atoms with E-state index in [0.29, 0.717) is 5.11 Å². The van der Waals surface area contributed by atoms with Gasteiger partial charge in [0.25, 0.3) is 0 Å². The van der Waals surface area contributed by atoms with Gasteiger partial charge in [0.1, 0.15) is 6.33 Å². The van der Waals surface area contributed by atoms with Crippen LogP contribution in [0.3, 0.4) is 0 Å². The molecule has 0 unspecified atom stereocenters. The molecule has 3 N–H and O–H groups in total. The number of aromatic nitrogens is 4. The zero-order valence-electron chi connectivity index (χ0n) is 14.4. The highest BCUT2D eigenvalue weighted by Crippen LogP contribution is 2.46. The number of nitrogens with one attached hydrogen (secondary N) is 1. The summed E-state index contributed by atoms with van der Waals surface area (Å²) >= 11 is 5.03. The summed E-state index contributed by atoms with van der Waals surface area (Å²) in [6, 6.07) is 0. The van der Waals surface area contributed by atoms with Crippen LogP contribution in [0.25, 0.3) is 11.0 Å². The molecule has 0 spiro atoms. The number of nitrogens with zero attached hydrogens (tertiary/aromatic N) is 5. The molecule has 25 heavy (non-hydrogen) atoms. The van der Waals surface area contributed by atoms with Crippen molar-refractivity contribution in [2.24, 2.45) is 5.73 Å². The molecule has 2 aromatic rings. The zero-order chi connectivity index (χ0) is 17.3. The number of hydrogen-bond donors (Lipinski definition) is 2. The van der Waals surface area contributed by atoms with Crippen LogP contribution in [0.2, 0.25) is 0 Å². The van der Waals surface area contributed by atoms with E-state index < -0.39 is 0 Å². The first-order valence-electron chi connectivity index (χ1n) is 9.15. The first-order chi connectivity index (χ1) is 12.2. The summed E-state index contributed by atoms with van der Waals surface area (Å²) in [5, 5.41) is 9.11. The highest BCUT2D eigenvalue weighted by atomic mass is 32.1. The fourth-order valence-corrected chi connectivity index (χ4v) is 4.01. The summed E-state index contributed by atoms with van der Waals surface area (Å²) < 4.78 is 2.00. The normalized spacial score (nSPS) is 20.3. The molecule has 1 saturated heterocycles. The van der Waals surface area contributed by atoms with E-state index in [1.165, 1.54) is 38.8 Å². The number of hydrogen-bond acceptors (Lipinski definition) is 5. The van der Waals surface area contributed by atoms with Gasteiger partial charge in [0.15, 0.2) is 10.8 Å². The molecule has 134 valence electrons. The molecule has 4 rings (SSSR count). The van der Waals surface area contributed by atoms with E-state index in [1.54, 1.807) is 6.33 Å². The van der Waals surface area contributed by atoms with Crippen molar-refractivity contribution in [3.05, 3.63) is 18.2 Å². The molecule has 1 aliphatic carbocycles. The number of fused-ring (bicyclic) bond motifs is 1. The Morgan fingerprint density at radius 2 is 1.92 bits per heavy atom. The van der Waals surface area contributed by atoms with Gasteiger partial charge < -0.3 is 16.0 Å². The first-order valence-corrected chi connectivity index (χ1v) is 9.56. The number of thiocarbonyl (C=S) groups is 1. The summed E-state index contributed by atoms with van der Waals surface area (Å²) in [7, 11) is 0. The minimum Gasteiger partial charge on any atom is -0.376 e. The lowest BCUT2D eigenvalue weighted by Crippen LogP contribution is -2.39. The standard InChI is InChI=1S/C17H25N7S/c18-16(25)22-17(5-6-17)14-13-11-21-24(15(13)20-12-19-14)10-9-23-7-3-1-2-4-8-23/h11-12H,1-10H2,(H3,18,22,25). The Hall–Kier alpha value is -1.80. The predicted octanol–water partition coefficient (Wildman–Crippen LogP) is 1.52. The Bertz CT molecular complexity index is 759. The lowest BCUT2D eigenvalue weighted by Gasteiger charge is -2.19. The average molecular weight is 360 g/mol. The maximum Gasteiger partial charge on any atom is 0.164 e. The second-order valence-electron chi connectivity index (χ2n) is 7.15. The van der Waals surface area contributed by atoms with E-state index in [4.69, 9.17) is 18.0 Å². The van der Waals surface area contributed by atoms with Gasteiger partial charge in [0, 0.05) is 6.54 Å². The first kappa shape index (κ1) is 16.7. The van der Waals surface area contributed by atoms with Crippen LogP contribution < -0.4 is 11.1 Å². The smallest absolute Gasteiger partial charge is 0.164 e. The van der Waals surface area contributed by atoms with Crippen LogP contribution in [-0.4, -0.2) is 49.4 Å². The molecule has 7 nitrogen and oxygen atoms in total. The SMILES string of the molecule is NC(=S)NC1(c2ncnc3c2cnn3CCN2CCCCCC2)CC1. The number of rotatable bonds is 5. The Labute approximate surface area is 153 Å². The van der Waals surface area contributed by atoms with Crippen molar-refractivity contribution in [2.45, 2.75) is 50.6 Å². The van der Waals surface area contributed by atoms with Crippen LogP contribution in [0.1, 0.15) is 44.2 Å². The van der Waals surface area contributed by atoms with Crippen LogP contribution in [0.4, 0.5) is 0 Å². The van der Waals surface area contributed by atoms with Gasteiger partial charge >= 0.3 is 0 Å². The van der Waals surface area contributed by atoms with E-state index in [2.05, 4.69) is 25.3 Å². The van der Waals surface area contributed by atoms with Crippen LogP contribution >= 0.6 is 12.2 Å². The van der Waals surface area contributed by atoms with Crippen molar-refractivity contribution < 1.29 is 0 Å². The summed E-state index contributed by atoms with van der Waals surface area (Å²) in [5.41, 5.74) is 7.33. The maximum atomic E-state index is 5.70. The fraction of sp³-hybridized carbons (Fsp3) is 0.647. The molecule has 0 radical (unpaired) electrons. The molecule has 0 bridgehead atoms. The lowest BCUT2D eigenvalue weighted by molar-refractivity contribution is 0.270. The molecule has 1 aliphatic heterocycles. The maximum absolute atomic E-state index is 5.70. The minimum absolute atomic E-state index is 0.230. The second-order valence-corrected chi connectivity index (χ2v) is 7.59. The highest BCUT2D eigenvalue weighted by Gasteiger charge is 2.47. The minimum atomic E-state index is -0.230. The lowest BCUT2D eigenvalue weighted by atomic mass is 10.1. The van der Waals surface area contributed by atoms with Gasteiger partial charge in [-0.2, -0.15) is 5.10 Å². The van der Waals surface area contributed by atoms with Crippen molar-refractivity contribution in [3.63, 3.8) is 0 Å². The van der Waals surface area contributed by atoms with Gasteiger partial charge in [-0.25, -0.2) is 14.6 Å². The molecule has 8 heteroatoms. The number of nitrogens with two attached hydrogens (primary N) is 1. The monoisotopic (exact) mass is 359 g/mol. The summed E-state index contributed by atoms with van der Waals surface area (Å²) in [4.78, 5) is 11.5. The molecule has 0 atom stereocenters. The van der Waals surface area contributed by atoms with Crippen LogP contribution in [0.5, 0.6) is 0 Å². The third kappa shape index (κ3) is 3.46. The quantitative estimate of drug-likeness (QED) is 0.783. The van der Waals surface area contributed by atoms with Gasteiger partial charge in [0.2, 0.25) is 0 Å². The van der Waals surface area contributed by atoms with Crippen molar-refractivity contribution in [2.75, 3.05) is 19.6 Å². The Kier molecular flexibility index (Phi) is 4.56. The van der Waals surface area contributed by atoms with Crippen molar-refractivity contribution in [3.8, 4) is 0 Å². The summed E-state index contributed by atoms with van der Waals surface area (Å²) in [6.07, 6.45) is 10.8. The molecule has 3 heterocycles. The van der Waals surface area contributed by atoms with Gasteiger partial charge in [-0.15, -0.1) is 0 Å². The third-order valence-corrected chi connectivity index (χ3v) is 5.43. The van der Waals surface area contributed by atoms with E-state index in [0.717, 1.165) is 42.7 Å². The van der Waals surface area contributed by atoms with E-state index >= 15 is 0 Å². The summed E-state index contributed by atoms with van der Waals surface area (Å²) in [6.45, 7) is 4.27. The Morgan fingerprint density at radius 1 is 1.16 bits per heavy atom. The molecule has 0 amide bonds. The molecular formula is C17H25N7S. The Balaban J connectivity index is 1.54. The molecule has 2 fully saturated rings. The molecular weight excluding hydrogens is 334 g/mol. The van der Waals surface area contributed by atoms with Crippen molar-refractivity contribution in [1.29, 1.82) is 0 Å². The molecule has 1 saturated carbocycles. The molecule has 0 aromatic carbocycles. The Morgan fingerprint density at radius 3 is 2.60 bits per heavy atom.